The molecule has 0 bridgehead atoms. The summed E-state index contributed by atoms with van der Waals surface area (Å²) in [5.41, 5.74) is 8.70. The van der Waals surface area contributed by atoms with Crippen LogP contribution in [0.5, 0.6) is 0 Å². The quantitative estimate of drug-likeness (QED) is 0.855. The number of carbonyl (C=O) groups excluding carboxylic acids is 1. The molecule has 1 unspecified atom stereocenters. The van der Waals surface area contributed by atoms with E-state index in [1.165, 1.54) is 11.1 Å². The van der Waals surface area contributed by atoms with Gasteiger partial charge in [0, 0.05) is 11.1 Å². The number of amides is 1. The molecule has 1 aromatic heterocycles. The molecule has 4 nitrogen and oxygen atoms in total. The van der Waals surface area contributed by atoms with E-state index >= 15 is 0 Å². The molecule has 114 valence electrons. The largest absolute Gasteiger partial charge is 0.323 e. The van der Waals surface area contributed by atoms with Crippen molar-refractivity contribution in [1.29, 1.82) is 0 Å². The highest BCUT2D eigenvalue weighted by Gasteiger charge is 2.37. The number of thioether (sulfide) groups is 1. The van der Waals surface area contributed by atoms with Gasteiger partial charge in [0.15, 0.2) is 0 Å². The summed E-state index contributed by atoms with van der Waals surface area (Å²) >= 11 is 1.59. The number of aromatic nitrogens is 1. The van der Waals surface area contributed by atoms with Crippen molar-refractivity contribution >= 4 is 23.4 Å². The lowest BCUT2D eigenvalue weighted by molar-refractivity contribution is -0.121. The molecule has 1 amide bonds. The van der Waals surface area contributed by atoms with E-state index in [1.54, 1.807) is 24.2 Å². The maximum Gasteiger partial charge on any atom is 0.244 e. The summed E-state index contributed by atoms with van der Waals surface area (Å²) in [5.74, 6) is -0.137. The van der Waals surface area contributed by atoms with E-state index in [0.717, 1.165) is 11.3 Å². The Morgan fingerprint density at radius 3 is 2.86 bits per heavy atom. The fourth-order valence-corrected chi connectivity index (χ4v) is 3.22. The molecule has 0 saturated heterocycles. The molecule has 0 saturated carbocycles. The number of anilines is 1. The molecule has 3 N–H and O–H groups in total. The maximum atomic E-state index is 12.6. The second kappa shape index (κ2) is 6.10. The van der Waals surface area contributed by atoms with Gasteiger partial charge in [-0.2, -0.15) is 0 Å². The smallest absolute Gasteiger partial charge is 0.244 e. The Hall–Kier alpha value is -1.85. The van der Waals surface area contributed by atoms with Crippen molar-refractivity contribution in [3.63, 3.8) is 0 Å². The summed E-state index contributed by atoms with van der Waals surface area (Å²) in [6.07, 6.45) is 7.47. The van der Waals surface area contributed by atoms with Crippen LogP contribution in [0.2, 0.25) is 0 Å². The average molecular weight is 313 g/mol. The van der Waals surface area contributed by atoms with Crippen molar-refractivity contribution in [3.8, 4) is 0 Å². The summed E-state index contributed by atoms with van der Waals surface area (Å²) in [7, 11) is 0. The third-order valence-corrected chi connectivity index (χ3v) is 4.82. The Morgan fingerprint density at radius 2 is 2.09 bits per heavy atom. The minimum Gasteiger partial charge on any atom is -0.323 e. The van der Waals surface area contributed by atoms with Gasteiger partial charge < -0.3 is 11.1 Å². The summed E-state index contributed by atoms with van der Waals surface area (Å²) in [6.45, 7) is 0. The van der Waals surface area contributed by atoms with Gasteiger partial charge in [0.1, 0.15) is 5.54 Å². The first kappa shape index (κ1) is 15.1. The van der Waals surface area contributed by atoms with Crippen molar-refractivity contribution in [2.24, 2.45) is 5.73 Å². The van der Waals surface area contributed by atoms with E-state index < -0.39 is 5.54 Å². The summed E-state index contributed by atoms with van der Waals surface area (Å²) in [5, 5.41) is 2.92. The topological polar surface area (TPSA) is 68.0 Å². The molecule has 1 heterocycles. The second-order valence-corrected chi connectivity index (χ2v) is 6.55. The van der Waals surface area contributed by atoms with E-state index in [9.17, 15) is 4.79 Å². The van der Waals surface area contributed by atoms with Crippen LogP contribution in [0.1, 0.15) is 17.5 Å². The number of aryl methyl sites for hydroxylation is 1. The zero-order chi connectivity index (χ0) is 15.6. The van der Waals surface area contributed by atoms with Crippen molar-refractivity contribution in [2.45, 2.75) is 29.7 Å². The van der Waals surface area contributed by atoms with Crippen molar-refractivity contribution in [1.82, 2.24) is 4.98 Å². The summed E-state index contributed by atoms with van der Waals surface area (Å²) in [6, 6.07) is 10.1. The fraction of sp³-hybridized carbons (Fsp3) is 0.294. The first-order chi connectivity index (χ1) is 10.6. The molecule has 1 aromatic carbocycles. The molecule has 0 spiro atoms. The molecule has 1 aliphatic carbocycles. The van der Waals surface area contributed by atoms with Gasteiger partial charge in [-0.25, -0.2) is 0 Å². The van der Waals surface area contributed by atoms with Crippen molar-refractivity contribution < 1.29 is 4.79 Å². The average Bonchev–Trinajstić information content (AvgIpc) is 2.55. The van der Waals surface area contributed by atoms with E-state index in [4.69, 9.17) is 5.73 Å². The summed E-state index contributed by atoms with van der Waals surface area (Å²) < 4.78 is 0. The van der Waals surface area contributed by atoms with Gasteiger partial charge in [0.25, 0.3) is 0 Å². The highest BCUT2D eigenvalue weighted by molar-refractivity contribution is 7.98. The standard InChI is InChI=1S/C17H19N3OS/c1-22-15-8-14(10-19-11-15)20-16(21)17(18)7-6-12-4-2-3-5-13(12)9-17/h2-5,8,10-11H,6-7,9,18H2,1H3,(H,20,21). The van der Waals surface area contributed by atoms with E-state index in [2.05, 4.69) is 22.4 Å². The molecule has 1 atom stereocenters. The number of nitrogens with two attached hydrogens (primary N) is 1. The van der Waals surface area contributed by atoms with Gasteiger partial charge in [-0.05, 0) is 42.7 Å². The Morgan fingerprint density at radius 1 is 1.32 bits per heavy atom. The van der Waals surface area contributed by atoms with Crippen LogP contribution in [0, 0.1) is 0 Å². The summed E-state index contributed by atoms with van der Waals surface area (Å²) in [4.78, 5) is 17.8. The van der Waals surface area contributed by atoms with Crippen LogP contribution in [0.25, 0.3) is 0 Å². The van der Waals surface area contributed by atoms with Crippen LogP contribution < -0.4 is 11.1 Å². The van der Waals surface area contributed by atoms with Crippen LogP contribution in [0.4, 0.5) is 5.69 Å². The Kier molecular flexibility index (Phi) is 4.18. The third kappa shape index (κ3) is 3.00. The lowest BCUT2D eigenvalue weighted by Crippen LogP contribution is -2.54. The number of hydrogen-bond donors (Lipinski definition) is 2. The lowest BCUT2D eigenvalue weighted by atomic mass is 9.78. The molecule has 1 aliphatic rings. The normalized spacial score (nSPS) is 20.3. The van der Waals surface area contributed by atoms with Crippen LogP contribution >= 0.6 is 11.8 Å². The van der Waals surface area contributed by atoms with Crippen LogP contribution in [0.15, 0.2) is 47.6 Å². The van der Waals surface area contributed by atoms with Gasteiger partial charge in [0.05, 0.1) is 11.9 Å². The first-order valence-electron chi connectivity index (χ1n) is 7.27. The molecule has 22 heavy (non-hydrogen) atoms. The lowest BCUT2D eigenvalue weighted by Gasteiger charge is -2.33. The SMILES string of the molecule is CSc1cncc(NC(=O)C2(N)CCc3ccccc3C2)c1. The van der Waals surface area contributed by atoms with E-state index in [0.29, 0.717) is 18.5 Å². The number of nitrogens with zero attached hydrogens (tertiary/aromatic N) is 1. The fourth-order valence-electron chi connectivity index (χ4n) is 2.81. The predicted octanol–water partition coefficient (Wildman–Crippen LogP) is 2.63. The number of pyridine rings is 1. The van der Waals surface area contributed by atoms with Crippen molar-refractivity contribution in [3.05, 3.63) is 53.9 Å². The molecule has 5 heteroatoms. The molecule has 0 fully saturated rings. The van der Waals surface area contributed by atoms with Gasteiger partial charge in [-0.1, -0.05) is 24.3 Å². The molecular formula is C17H19N3OS. The zero-order valence-corrected chi connectivity index (χ0v) is 13.3. The van der Waals surface area contributed by atoms with Gasteiger partial charge in [-0.3, -0.25) is 9.78 Å². The molecule has 0 aliphatic heterocycles. The molecular weight excluding hydrogens is 294 g/mol. The minimum absolute atomic E-state index is 0.137. The molecule has 2 aromatic rings. The van der Waals surface area contributed by atoms with Crippen LogP contribution in [-0.4, -0.2) is 22.7 Å². The second-order valence-electron chi connectivity index (χ2n) is 5.67. The van der Waals surface area contributed by atoms with E-state index in [-0.39, 0.29) is 5.91 Å². The predicted molar refractivity (Wildman–Crippen MR) is 90.0 cm³/mol. The Balaban J connectivity index is 1.77. The van der Waals surface area contributed by atoms with Gasteiger partial charge >= 0.3 is 0 Å². The third-order valence-electron chi connectivity index (χ3n) is 4.12. The highest BCUT2D eigenvalue weighted by Crippen LogP contribution is 2.28. The Labute approximate surface area is 134 Å². The van der Waals surface area contributed by atoms with Gasteiger partial charge in [-0.15, -0.1) is 11.8 Å². The minimum atomic E-state index is -0.857. The van der Waals surface area contributed by atoms with Gasteiger partial charge in [0.2, 0.25) is 5.91 Å². The maximum absolute atomic E-state index is 12.6. The number of nitrogens with one attached hydrogen (secondary N) is 1. The molecule has 0 radical (unpaired) electrons. The molecule has 3 rings (SSSR count). The zero-order valence-electron chi connectivity index (χ0n) is 12.5. The van der Waals surface area contributed by atoms with Crippen LogP contribution in [-0.2, 0) is 17.6 Å². The number of rotatable bonds is 3. The number of carbonyl (C=O) groups is 1. The first-order valence-corrected chi connectivity index (χ1v) is 8.49. The van der Waals surface area contributed by atoms with Crippen molar-refractivity contribution in [2.75, 3.05) is 11.6 Å². The number of benzene rings is 1. The highest BCUT2D eigenvalue weighted by atomic mass is 32.2. The van der Waals surface area contributed by atoms with Crippen LogP contribution in [0.3, 0.4) is 0 Å². The number of fused-ring (bicyclic) bond motifs is 1. The monoisotopic (exact) mass is 313 g/mol. The Bertz CT molecular complexity index is 704. The van der Waals surface area contributed by atoms with E-state index in [1.807, 2.05) is 24.5 Å². The number of hydrogen-bond acceptors (Lipinski definition) is 4.